The summed E-state index contributed by atoms with van der Waals surface area (Å²) < 4.78 is 13.9. The third-order valence-electron chi connectivity index (χ3n) is 12.5. The van der Waals surface area contributed by atoms with E-state index < -0.39 is 0 Å². The number of hydrogen-bond donors (Lipinski definition) is 1. The first-order valence-electron chi connectivity index (χ1n) is 17.0. The lowest BCUT2D eigenvalue weighted by Crippen LogP contribution is -2.52. The molecule has 7 atom stereocenters. The van der Waals surface area contributed by atoms with Gasteiger partial charge in [0.05, 0.1) is 26.1 Å². The van der Waals surface area contributed by atoms with Crippen LogP contribution in [0.1, 0.15) is 83.6 Å². The van der Waals surface area contributed by atoms with Gasteiger partial charge in [-0.05, 0) is 124 Å². The van der Waals surface area contributed by atoms with Crippen molar-refractivity contribution < 1.29 is 14.6 Å². The average Bonchev–Trinajstić information content (AvgIpc) is 3.79. The van der Waals surface area contributed by atoms with Gasteiger partial charge in [0.15, 0.2) is 11.5 Å². The molecular weight excluding hydrogens is 534 g/mol. The standard InChI is InChI=1S/C37H51N3O3/c1-36-13-11-29(40-17-4-5-18-40)24-28(36)8-9-30-31(36)12-14-37(2)32(30)23-27(35(37)41)21-26-7-10-33(34(22-26)42-3)43-20-6-16-39-19-15-38-25-39/h7-8,10,15,19,21-22,25,29-32,35,41H,4-6,9,11-14,16-18,20,23-24H2,1-3H3/b27-21+/t29-,30+,31-,32-,35-,36-,37-/m0/s1. The molecule has 0 unspecified atom stereocenters. The number of hydrogen-bond acceptors (Lipinski definition) is 5. The van der Waals surface area contributed by atoms with Crippen molar-refractivity contribution in [2.75, 3.05) is 26.8 Å². The van der Waals surface area contributed by atoms with Crippen molar-refractivity contribution in [2.24, 2.45) is 28.6 Å². The van der Waals surface area contributed by atoms with Gasteiger partial charge in [-0.2, -0.15) is 0 Å². The van der Waals surface area contributed by atoms with Crippen molar-refractivity contribution in [1.82, 2.24) is 14.5 Å². The minimum Gasteiger partial charge on any atom is -0.493 e. The van der Waals surface area contributed by atoms with E-state index in [0.717, 1.165) is 54.8 Å². The van der Waals surface area contributed by atoms with Gasteiger partial charge >= 0.3 is 0 Å². The van der Waals surface area contributed by atoms with Crippen LogP contribution in [-0.2, 0) is 6.54 Å². The molecule has 232 valence electrons. The lowest BCUT2D eigenvalue weighted by Gasteiger charge is -2.58. The van der Waals surface area contributed by atoms with Crippen LogP contribution in [0.25, 0.3) is 6.08 Å². The first kappa shape index (κ1) is 29.2. The first-order valence-corrected chi connectivity index (χ1v) is 17.0. The molecule has 3 saturated carbocycles. The SMILES string of the molecule is COc1cc(/C=C2\C[C@H]3[C@@H]4CC=C5C[C@@H](N6CCCC6)CC[C@]5(C)[C@H]4CC[C@]3(C)[C@H]2O)ccc1OCCCn1ccnc1. The van der Waals surface area contributed by atoms with E-state index in [9.17, 15) is 5.11 Å². The Morgan fingerprint density at radius 3 is 2.72 bits per heavy atom. The summed E-state index contributed by atoms with van der Waals surface area (Å²) in [6.45, 7) is 9.10. The summed E-state index contributed by atoms with van der Waals surface area (Å²) in [6.07, 6.45) is 22.4. The van der Waals surface area contributed by atoms with Gasteiger partial charge in [0.25, 0.3) is 0 Å². The molecule has 0 bridgehead atoms. The Kier molecular flexibility index (Phi) is 7.96. The number of likely N-dealkylation sites (tertiary alicyclic amines) is 1. The van der Waals surface area contributed by atoms with Gasteiger partial charge in [-0.15, -0.1) is 0 Å². The molecule has 1 saturated heterocycles. The highest BCUT2D eigenvalue weighted by Gasteiger charge is 2.59. The summed E-state index contributed by atoms with van der Waals surface area (Å²) in [5.41, 5.74) is 4.35. The molecule has 1 aromatic carbocycles. The van der Waals surface area contributed by atoms with Crippen molar-refractivity contribution in [3.63, 3.8) is 0 Å². The highest BCUT2D eigenvalue weighted by atomic mass is 16.5. The zero-order valence-corrected chi connectivity index (χ0v) is 26.5. The van der Waals surface area contributed by atoms with E-state index in [-0.39, 0.29) is 11.5 Å². The fraction of sp³-hybridized carbons (Fsp3) is 0.649. The van der Waals surface area contributed by atoms with Gasteiger partial charge in [-0.1, -0.05) is 37.6 Å². The molecule has 0 radical (unpaired) electrons. The Bertz CT molecular complexity index is 1340. The van der Waals surface area contributed by atoms with Crippen LogP contribution in [-0.4, -0.2) is 58.5 Å². The van der Waals surface area contributed by atoms with E-state index in [2.05, 4.69) is 52.6 Å². The van der Waals surface area contributed by atoms with Gasteiger partial charge in [-0.25, -0.2) is 4.98 Å². The fourth-order valence-electron chi connectivity index (χ4n) is 10.0. The van der Waals surface area contributed by atoms with Crippen LogP contribution in [0.15, 0.2) is 54.1 Å². The number of fused-ring (bicyclic) bond motifs is 5. The van der Waals surface area contributed by atoms with E-state index in [1.165, 1.54) is 63.6 Å². The normalized spacial score (nSPS) is 36.6. The third-order valence-corrected chi connectivity index (χ3v) is 12.5. The maximum absolute atomic E-state index is 11.8. The summed E-state index contributed by atoms with van der Waals surface area (Å²) in [5, 5.41) is 11.8. The first-order chi connectivity index (χ1) is 20.9. The molecule has 6 nitrogen and oxygen atoms in total. The van der Waals surface area contributed by atoms with E-state index >= 15 is 0 Å². The monoisotopic (exact) mass is 585 g/mol. The maximum Gasteiger partial charge on any atom is 0.161 e. The number of ether oxygens (including phenoxy) is 2. The Balaban J connectivity index is 1.05. The highest BCUT2D eigenvalue weighted by Crippen LogP contribution is 2.66. The van der Waals surface area contributed by atoms with Crippen molar-refractivity contribution in [3.05, 3.63) is 59.7 Å². The molecule has 7 rings (SSSR count). The van der Waals surface area contributed by atoms with Crippen LogP contribution in [0.5, 0.6) is 11.5 Å². The minimum absolute atomic E-state index is 0.0379. The number of imidazole rings is 1. The molecule has 2 heterocycles. The molecule has 0 spiro atoms. The number of aliphatic hydroxyl groups is 1. The van der Waals surface area contributed by atoms with Gasteiger partial charge < -0.3 is 24.0 Å². The lowest BCUT2D eigenvalue weighted by molar-refractivity contribution is -0.0662. The smallest absolute Gasteiger partial charge is 0.161 e. The minimum atomic E-state index is -0.382. The van der Waals surface area contributed by atoms with Crippen molar-refractivity contribution in [2.45, 2.75) is 96.7 Å². The van der Waals surface area contributed by atoms with Crippen LogP contribution in [0.3, 0.4) is 0 Å². The molecule has 2 aromatic rings. The number of rotatable bonds is 8. The summed E-state index contributed by atoms with van der Waals surface area (Å²) in [6, 6.07) is 6.96. The van der Waals surface area contributed by atoms with Gasteiger partial charge in [0, 0.05) is 30.4 Å². The summed E-state index contributed by atoms with van der Waals surface area (Å²) in [5.74, 6) is 3.48. The molecule has 1 N–H and O–H groups in total. The molecule has 6 heteroatoms. The van der Waals surface area contributed by atoms with Crippen molar-refractivity contribution in [1.29, 1.82) is 0 Å². The largest absolute Gasteiger partial charge is 0.493 e. The van der Waals surface area contributed by atoms with Crippen molar-refractivity contribution in [3.8, 4) is 11.5 Å². The zero-order chi connectivity index (χ0) is 29.6. The second-order valence-electron chi connectivity index (χ2n) is 14.7. The Morgan fingerprint density at radius 2 is 1.93 bits per heavy atom. The van der Waals surface area contributed by atoms with E-state index in [1.807, 2.05) is 18.6 Å². The molecule has 1 aromatic heterocycles. The quantitative estimate of drug-likeness (QED) is 0.264. The summed E-state index contributed by atoms with van der Waals surface area (Å²) in [7, 11) is 1.70. The molecule has 4 fully saturated rings. The van der Waals surface area contributed by atoms with Crippen LogP contribution >= 0.6 is 0 Å². The molecule has 5 aliphatic rings. The summed E-state index contributed by atoms with van der Waals surface area (Å²) >= 11 is 0. The molecule has 43 heavy (non-hydrogen) atoms. The fourth-order valence-corrected chi connectivity index (χ4v) is 10.0. The maximum atomic E-state index is 11.8. The molecule has 1 aliphatic heterocycles. The second kappa shape index (κ2) is 11.7. The Morgan fingerprint density at radius 1 is 1.07 bits per heavy atom. The predicted octanol–water partition coefficient (Wildman–Crippen LogP) is 7.14. The molecule has 0 amide bonds. The number of aromatic nitrogens is 2. The van der Waals surface area contributed by atoms with Gasteiger partial charge in [0.2, 0.25) is 0 Å². The van der Waals surface area contributed by atoms with Crippen LogP contribution in [0.2, 0.25) is 0 Å². The topological polar surface area (TPSA) is 59.8 Å². The molecular formula is C37H51N3O3. The van der Waals surface area contributed by atoms with E-state index in [4.69, 9.17) is 9.47 Å². The number of methoxy groups -OCH3 is 1. The second-order valence-corrected chi connectivity index (χ2v) is 14.7. The molecule has 4 aliphatic carbocycles. The number of nitrogens with zero attached hydrogens (tertiary/aromatic N) is 3. The predicted molar refractivity (Wildman–Crippen MR) is 171 cm³/mol. The van der Waals surface area contributed by atoms with E-state index in [1.54, 1.807) is 18.9 Å². The van der Waals surface area contributed by atoms with Gasteiger partial charge in [0.1, 0.15) is 0 Å². The Labute approximate surface area is 258 Å². The van der Waals surface area contributed by atoms with Crippen LogP contribution in [0, 0.1) is 28.6 Å². The van der Waals surface area contributed by atoms with Crippen molar-refractivity contribution >= 4 is 6.08 Å². The van der Waals surface area contributed by atoms with Gasteiger partial charge in [-0.3, -0.25) is 0 Å². The average molecular weight is 586 g/mol. The van der Waals surface area contributed by atoms with Crippen LogP contribution in [0.4, 0.5) is 0 Å². The highest BCUT2D eigenvalue weighted by molar-refractivity contribution is 5.60. The Hall–Kier alpha value is -2.57. The van der Waals surface area contributed by atoms with Crippen LogP contribution < -0.4 is 9.47 Å². The number of benzene rings is 1. The lowest BCUT2D eigenvalue weighted by atomic mass is 9.48. The summed E-state index contributed by atoms with van der Waals surface area (Å²) in [4.78, 5) is 6.88. The number of allylic oxidation sites excluding steroid dienone is 1. The third kappa shape index (κ3) is 5.27. The number of aliphatic hydroxyl groups excluding tert-OH is 1. The zero-order valence-electron chi connectivity index (χ0n) is 26.5. The number of aryl methyl sites for hydroxylation is 1. The van der Waals surface area contributed by atoms with E-state index in [0.29, 0.717) is 23.9 Å².